The van der Waals surface area contributed by atoms with Crippen molar-refractivity contribution in [1.82, 2.24) is 5.32 Å². The van der Waals surface area contributed by atoms with Crippen LogP contribution in [0.25, 0.3) is 0 Å². The molecule has 0 bridgehead atoms. The number of hydrogen-bond donors (Lipinski definition) is 1. The predicted octanol–water partition coefficient (Wildman–Crippen LogP) is 4.14. The maximum atomic E-state index is 4.78. The third kappa shape index (κ3) is 3.20. The van der Waals surface area contributed by atoms with Gasteiger partial charge in [-0.3, -0.25) is 4.99 Å². The molecule has 2 nitrogen and oxygen atoms in total. The summed E-state index contributed by atoms with van der Waals surface area (Å²) in [5.41, 5.74) is 2.96. The van der Waals surface area contributed by atoms with Crippen LogP contribution in [0.3, 0.4) is 0 Å². The maximum Gasteiger partial charge on any atom is 0.157 e. The lowest BCUT2D eigenvalue weighted by Crippen LogP contribution is -2.47. The largest absolute Gasteiger partial charge is 0.359 e. The lowest BCUT2D eigenvalue weighted by Gasteiger charge is -2.36. The summed E-state index contributed by atoms with van der Waals surface area (Å²) < 4.78 is 0. The van der Waals surface area contributed by atoms with E-state index >= 15 is 0 Å². The molecule has 2 fully saturated rings. The van der Waals surface area contributed by atoms with Crippen molar-refractivity contribution in [3.05, 3.63) is 35.4 Å². The molecule has 2 atom stereocenters. The predicted molar refractivity (Wildman–Crippen MR) is 88.3 cm³/mol. The molecule has 20 heavy (non-hydrogen) atoms. The Kier molecular flexibility index (Phi) is 4.06. The quantitative estimate of drug-likeness (QED) is 0.884. The van der Waals surface area contributed by atoms with E-state index in [0.29, 0.717) is 5.54 Å². The summed E-state index contributed by atoms with van der Waals surface area (Å²) in [4.78, 5) is 4.78. The van der Waals surface area contributed by atoms with Crippen LogP contribution in [0.15, 0.2) is 29.3 Å². The molecule has 0 amide bonds. The van der Waals surface area contributed by atoms with Crippen molar-refractivity contribution in [3.63, 3.8) is 0 Å². The molecule has 1 heterocycles. The van der Waals surface area contributed by atoms with E-state index < -0.39 is 0 Å². The van der Waals surface area contributed by atoms with Gasteiger partial charge >= 0.3 is 0 Å². The van der Waals surface area contributed by atoms with Gasteiger partial charge in [-0.25, -0.2) is 0 Å². The topological polar surface area (TPSA) is 24.4 Å². The SMILES string of the molecule is Cc1cccc(CN=C2NC3(CCCC(C)C3)CS2)c1. The van der Waals surface area contributed by atoms with E-state index in [1.165, 1.54) is 42.6 Å². The Hall–Kier alpha value is -0.960. The molecule has 3 rings (SSSR count). The third-order valence-corrected chi connectivity index (χ3v) is 5.64. The van der Waals surface area contributed by atoms with Crippen LogP contribution >= 0.6 is 11.8 Å². The van der Waals surface area contributed by atoms with E-state index in [1.54, 1.807) is 0 Å². The molecule has 1 aromatic carbocycles. The van der Waals surface area contributed by atoms with E-state index in [0.717, 1.165) is 17.6 Å². The van der Waals surface area contributed by atoms with Gasteiger partial charge < -0.3 is 5.32 Å². The fraction of sp³-hybridized carbons (Fsp3) is 0.588. The normalized spacial score (nSPS) is 31.7. The van der Waals surface area contributed by atoms with Crippen molar-refractivity contribution in [2.45, 2.75) is 51.6 Å². The first-order valence-electron chi connectivity index (χ1n) is 7.66. The first kappa shape index (κ1) is 14.0. The summed E-state index contributed by atoms with van der Waals surface area (Å²) >= 11 is 1.91. The molecule has 2 unspecified atom stereocenters. The van der Waals surface area contributed by atoms with Gasteiger partial charge in [0, 0.05) is 11.3 Å². The van der Waals surface area contributed by atoms with Crippen LogP contribution in [-0.4, -0.2) is 16.5 Å². The van der Waals surface area contributed by atoms with Crippen LogP contribution in [0.4, 0.5) is 0 Å². The number of nitrogens with one attached hydrogen (secondary N) is 1. The van der Waals surface area contributed by atoms with Crippen molar-refractivity contribution >= 4 is 16.9 Å². The van der Waals surface area contributed by atoms with E-state index in [1.807, 2.05) is 11.8 Å². The standard InChI is InChI=1S/C17H24N2S/c1-13-5-3-7-15(9-13)11-18-16-19-17(12-20-16)8-4-6-14(2)10-17/h3,5,7,9,14H,4,6,8,10-12H2,1-2H3,(H,18,19). The Balaban J connectivity index is 1.63. The second-order valence-corrected chi connectivity index (χ2v) is 7.47. The van der Waals surface area contributed by atoms with Crippen LogP contribution in [0, 0.1) is 12.8 Å². The van der Waals surface area contributed by atoms with Crippen molar-refractivity contribution < 1.29 is 0 Å². The summed E-state index contributed by atoms with van der Waals surface area (Å²) in [6, 6.07) is 8.64. The number of rotatable bonds is 2. The van der Waals surface area contributed by atoms with Crippen LogP contribution in [0.5, 0.6) is 0 Å². The third-order valence-electron chi connectivity index (χ3n) is 4.44. The molecular formula is C17H24N2S. The number of benzene rings is 1. The number of amidine groups is 1. The zero-order valence-corrected chi connectivity index (χ0v) is 13.3. The molecule has 1 aromatic rings. The van der Waals surface area contributed by atoms with Crippen LogP contribution < -0.4 is 5.32 Å². The minimum absolute atomic E-state index is 0.341. The number of thioether (sulfide) groups is 1. The van der Waals surface area contributed by atoms with Gasteiger partial charge in [0.1, 0.15) is 0 Å². The van der Waals surface area contributed by atoms with Gasteiger partial charge in [0.05, 0.1) is 6.54 Å². The summed E-state index contributed by atoms with van der Waals surface area (Å²) in [5.74, 6) is 2.05. The summed E-state index contributed by atoms with van der Waals surface area (Å²) in [7, 11) is 0. The Morgan fingerprint density at radius 3 is 3.15 bits per heavy atom. The molecule has 3 heteroatoms. The second kappa shape index (κ2) is 5.80. The second-order valence-electron chi connectivity index (χ2n) is 6.51. The Morgan fingerprint density at radius 2 is 2.35 bits per heavy atom. The molecule has 0 aromatic heterocycles. The van der Waals surface area contributed by atoms with Gasteiger partial charge in [-0.2, -0.15) is 0 Å². The average molecular weight is 288 g/mol. The molecule has 1 spiro atoms. The van der Waals surface area contributed by atoms with Gasteiger partial charge in [-0.1, -0.05) is 61.4 Å². The number of hydrogen-bond acceptors (Lipinski definition) is 2. The van der Waals surface area contributed by atoms with Crippen molar-refractivity contribution in [3.8, 4) is 0 Å². The number of nitrogens with zero attached hydrogens (tertiary/aromatic N) is 1. The van der Waals surface area contributed by atoms with E-state index in [4.69, 9.17) is 4.99 Å². The van der Waals surface area contributed by atoms with Crippen LogP contribution in [-0.2, 0) is 6.54 Å². The van der Waals surface area contributed by atoms with Gasteiger partial charge in [0.2, 0.25) is 0 Å². The van der Waals surface area contributed by atoms with Crippen molar-refractivity contribution in [1.29, 1.82) is 0 Å². The minimum Gasteiger partial charge on any atom is -0.359 e. The molecule has 1 N–H and O–H groups in total. The zero-order valence-electron chi connectivity index (χ0n) is 12.5. The monoisotopic (exact) mass is 288 g/mol. The lowest BCUT2D eigenvalue weighted by atomic mass is 9.78. The highest BCUT2D eigenvalue weighted by molar-refractivity contribution is 8.14. The molecule has 1 saturated heterocycles. The molecule has 2 aliphatic rings. The Bertz CT molecular complexity index is 511. The highest BCUT2D eigenvalue weighted by Gasteiger charge is 2.40. The summed E-state index contributed by atoms with van der Waals surface area (Å²) in [5, 5.41) is 4.89. The molecule has 1 saturated carbocycles. The van der Waals surface area contributed by atoms with Gasteiger partial charge in [0.15, 0.2) is 5.17 Å². The van der Waals surface area contributed by atoms with E-state index in [2.05, 4.69) is 43.4 Å². The zero-order chi connectivity index (χ0) is 14.0. The average Bonchev–Trinajstić information content (AvgIpc) is 2.79. The van der Waals surface area contributed by atoms with E-state index in [9.17, 15) is 0 Å². The number of aryl methyl sites for hydroxylation is 1. The molecule has 1 aliphatic carbocycles. The first-order chi connectivity index (χ1) is 9.65. The molecule has 0 radical (unpaired) electrons. The van der Waals surface area contributed by atoms with E-state index in [-0.39, 0.29) is 0 Å². The molecule has 1 aliphatic heterocycles. The smallest absolute Gasteiger partial charge is 0.157 e. The van der Waals surface area contributed by atoms with Gasteiger partial charge in [-0.15, -0.1) is 0 Å². The molecule has 108 valence electrons. The molecular weight excluding hydrogens is 264 g/mol. The van der Waals surface area contributed by atoms with Gasteiger partial charge in [0.25, 0.3) is 0 Å². The highest BCUT2D eigenvalue weighted by atomic mass is 32.2. The fourth-order valence-electron chi connectivity index (χ4n) is 3.47. The number of aliphatic imine (C=N–C) groups is 1. The Labute approximate surface area is 126 Å². The lowest BCUT2D eigenvalue weighted by molar-refractivity contribution is 0.242. The summed E-state index contributed by atoms with van der Waals surface area (Å²) in [6.45, 7) is 5.31. The Morgan fingerprint density at radius 1 is 1.45 bits per heavy atom. The first-order valence-corrected chi connectivity index (χ1v) is 8.65. The van der Waals surface area contributed by atoms with Crippen molar-refractivity contribution in [2.24, 2.45) is 10.9 Å². The summed E-state index contributed by atoms with van der Waals surface area (Å²) in [6.07, 6.45) is 5.38. The minimum atomic E-state index is 0.341. The maximum absolute atomic E-state index is 4.78. The van der Waals surface area contributed by atoms with Crippen molar-refractivity contribution in [2.75, 3.05) is 5.75 Å². The van der Waals surface area contributed by atoms with Crippen LogP contribution in [0.1, 0.15) is 43.7 Å². The highest BCUT2D eigenvalue weighted by Crippen LogP contribution is 2.38. The fourth-order valence-corrected chi connectivity index (χ4v) is 4.66. The van der Waals surface area contributed by atoms with Gasteiger partial charge in [-0.05, 0) is 31.2 Å². The van der Waals surface area contributed by atoms with Crippen LogP contribution in [0.2, 0.25) is 0 Å².